The third kappa shape index (κ3) is 1.46. The van der Waals surface area contributed by atoms with Gasteiger partial charge in [0.25, 0.3) is 0 Å². The second kappa shape index (κ2) is 3.29. The van der Waals surface area contributed by atoms with Gasteiger partial charge in [0.2, 0.25) is 0 Å². The number of nitrogens with zero attached hydrogens (tertiary/aromatic N) is 1. The zero-order valence-electron chi connectivity index (χ0n) is 8.69. The average Bonchev–Trinajstić information content (AvgIpc) is 2.84. The molecule has 1 aromatic heterocycles. The summed E-state index contributed by atoms with van der Waals surface area (Å²) in [6.07, 6.45) is 2.24. The van der Waals surface area contributed by atoms with E-state index in [4.69, 9.17) is 4.74 Å². The molecular formula is C12H13NOS. The molecular weight excluding hydrogens is 206 g/mol. The first-order valence-electron chi connectivity index (χ1n) is 5.28. The third-order valence-corrected chi connectivity index (χ3v) is 4.25. The van der Waals surface area contributed by atoms with Gasteiger partial charge in [-0.2, -0.15) is 0 Å². The van der Waals surface area contributed by atoms with Crippen molar-refractivity contribution in [1.82, 2.24) is 4.98 Å². The molecule has 0 N–H and O–H groups in total. The molecule has 1 aromatic carbocycles. The molecule has 1 aliphatic heterocycles. The topological polar surface area (TPSA) is 22.1 Å². The van der Waals surface area contributed by atoms with Crippen LogP contribution in [0.2, 0.25) is 0 Å². The molecule has 15 heavy (non-hydrogen) atoms. The van der Waals surface area contributed by atoms with Crippen LogP contribution < -0.4 is 0 Å². The van der Waals surface area contributed by atoms with Gasteiger partial charge in [0.05, 0.1) is 10.2 Å². The van der Waals surface area contributed by atoms with Gasteiger partial charge in [-0.15, -0.1) is 11.3 Å². The SMILES string of the molecule is C[C@]1(c2nc3ccccc3s2)CCCO1. The molecule has 2 nitrogen and oxygen atoms in total. The van der Waals surface area contributed by atoms with E-state index in [0.29, 0.717) is 0 Å². The highest BCUT2D eigenvalue weighted by atomic mass is 32.1. The molecule has 0 radical (unpaired) electrons. The molecule has 2 heterocycles. The van der Waals surface area contributed by atoms with Gasteiger partial charge in [-0.3, -0.25) is 0 Å². The highest BCUT2D eigenvalue weighted by Gasteiger charge is 2.34. The summed E-state index contributed by atoms with van der Waals surface area (Å²) in [6, 6.07) is 8.27. The Balaban J connectivity index is 2.11. The van der Waals surface area contributed by atoms with Crippen molar-refractivity contribution in [1.29, 1.82) is 0 Å². The molecule has 0 saturated carbocycles. The normalized spacial score (nSPS) is 26.2. The summed E-state index contributed by atoms with van der Waals surface area (Å²) in [6.45, 7) is 3.02. The Kier molecular flexibility index (Phi) is 2.04. The molecule has 2 aromatic rings. The number of para-hydroxylation sites is 1. The van der Waals surface area contributed by atoms with Gasteiger partial charge in [0, 0.05) is 6.61 Å². The smallest absolute Gasteiger partial charge is 0.126 e. The Labute approximate surface area is 92.9 Å². The number of thiazole rings is 1. The van der Waals surface area contributed by atoms with Crippen LogP contribution in [0.5, 0.6) is 0 Å². The van der Waals surface area contributed by atoms with E-state index >= 15 is 0 Å². The molecule has 0 amide bonds. The van der Waals surface area contributed by atoms with Crippen LogP contribution in [0.25, 0.3) is 10.2 Å². The largest absolute Gasteiger partial charge is 0.368 e. The van der Waals surface area contributed by atoms with Crippen LogP contribution in [0, 0.1) is 0 Å². The molecule has 1 atom stereocenters. The fourth-order valence-electron chi connectivity index (χ4n) is 2.05. The van der Waals surface area contributed by atoms with E-state index < -0.39 is 0 Å². The lowest BCUT2D eigenvalue weighted by atomic mass is 10.0. The standard InChI is InChI=1S/C12H13NOS/c1-12(7-4-8-14-12)11-13-9-5-2-3-6-10(9)15-11/h2-3,5-6H,4,7-8H2,1H3/t12-/m1/s1. The van der Waals surface area contributed by atoms with Gasteiger partial charge < -0.3 is 4.74 Å². The zero-order chi connectivity index (χ0) is 10.3. The number of hydrogen-bond acceptors (Lipinski definition) is 3. The summed E-state index contributed by atoms with van der Waals surface area (Å²) < 4.78 is 7.06. The molecule has 1 aliphatic rings. The van der Waals surface area contributed by atoms with Crippen LogP contribution >= 0.6 is 11.3 Å². The first kappa shape index (κ1) is 9.31. The molecule has 0 bridgehead atoms. The number of hydrogen-bond donors (Lipinski definition) is 0. The maximum Gasteiger partial charge on any atom is 0.126 e. The van der Waals surface area contributed by atoms with Gasteiger partial charge in [0.1, 0.15) is 10.6 Å². The summed E-state index contributed by atoms with van der Waals surface area (Å²) in [7, 11) is 0. The predicted molar refractivity (Wildman–Crippen MR) is 62.2 cm³/mol. The van der Waals surface area contributed by atoms with Crippen LogP contribution in [0.3, 0.4) is 0 Å². The average molecular weight is 219 g/mol. The number of rotatable bonds is 1. The van der Waals surface area contributed by atoms with Gasteiger partial charge in [-0.05, 0) is 31.9 Å². The fourth-order valence-corrected chi connectivity index (χ4v) is 3.14. The van der Waals surface area contributed by atoms with Crippen LogP contribution in [0.15, 0.2) is 24.3 Å². The minimum absolute atomic E-state index is 0.135. The highest BCUT2D eigenvalue weighted by Crippen LogP contribution is 2.39. The fraction of sp³-hybridized carbons (Fsp3) is 0.417. The third-order valence-electron chi connectivity index (χ3n) is 2.97. The van der Waals surface area contributed by atoms with Crippen molar-refractivity contribution < 1.29 is 4.74 Å². The van der Waals surface area contributed by atoms with E-state index in [1.165, 1.54) is 4.70 Å². The number of ether oxygens (including phenoxy) is 1. The molecule has 1 fully saturated rings. The first-order valence-corrected chi connectivity index (χ1v) is 6.10. The van der Waals surface area contributed by atoms with Crippen LogP contribution in [-0.4, -0.2) is 11.6 Å². The summed E-state index contributed by atoms with van der Waals surface area (Å²) in [4.78, 5) is 4.66. The lowest BCUT2D eigenvalue weighted by Gasteiger charge is -2.19. The monoisotopic (exact) mass is 219 g/mol. The summed E-state index contributed by atoms with van der Waals surface area (Å²) in [5.74, 6) is 0. The van der Waals surface area contributed by atoms with E-state index in [1.807, 2.05) is 6.07 Å². The van der Waals surface area contributed by atoms with Crippen molar-refractivity contribution in [3.05, 3.63) is 29.3 Å². The molecule has 1 saturated heterocycles. The quantitative estimate of drug-likeness (QED) is 0.734. The van der Waals surface area contributed by atoms with Gasteiger partial charge >= 0.3 is 0 Å². The molecule has 78 valence electrons. The summed E-state index contributed by atoms with van der Waals surface area (Å²) in [5, 5.41) is 1.13. The predicted octanol–water partition coefficient (Wildman–Crippen LogP) is 3.32. The van der Waals surface area contributed by atoms with Crippen molar-refractivity contribution in [2.45, 2.75) is 25.4 Å². The van der Waals surface area contributed by atoms with E-state index in [0.717, 1.165) is 30.0 Å². The Bertz CT molecular complexity index is 452. The lowest BCUT2D eigenvalue weighted by molar-refractivity contribution is 0.0168. The molecule has 0 aliphatic carbocycles. The minimum Gasteiger partial charge on any atom is -0.368 e. The van der Waals surface area contributed by atoms with E-state index in [9.17, 15) is 0 Å². The van der Waals surface area contributed by atoms with Crippen molar-refractivity contribution >= 4 is 21.6 Å². The Morgan fingerprint density at radius 3 is 3.00 bits per heavy atom. The number of fused-ring (bicyclic) bond motifs is 1. The Morgan fingerprint density at radius 2 is 2.27 bits per heavy atom. The Hall–Kier alpha value is -0.930. The molecule has 0 spiro atoms. The van der Waals surface area contributed by atoms with Gasteiger partial charge in [0.15, 0.2) is 0 Å². The molecule has 0 unspecified atom stereocenters. The van der Waals surface area contributed by atoms with Crippen molar-refractivity contribution in [3.8, 4) is 0 Å². The summed E-state index contributed by atoms with van der Waals surface area (Å²) >= 11 is 1.76. The van der Waals surface area contributed by atoms with Crippen LogP contribution in [0.1, 0.15) is 24.8 Å². The maximum absolute atomic E-state index is 5.80. The highest BCUT2D eigenvalue weighted by molar-refractivity contribution is 7.18. The Morgan fingerprint density at radius 1 is 1.40 bits per heavy atom. The molecule has 3 rings (SSSR count). The van der Waals surface area contributed by atoms with Crippen molar-refractivity contribution in [2.24, 2.45) is 0 Å². The number of benzene rings is 1. The second-order valence-electron chi connectivity index (χ2n) is 4.17. The van der Waals surface area contributed by atoms with Crippen LogP contribution in [-0.2, 0) is 10.3 Å². The minimum atomic E-state index is -0.135. The second-order valence-corrected chi connectivity index (χ2v) is 5.20. The van der Waals surface area contributed by atoms with Crippen LogP contribution in [0.4, 0.5) is 0 Å². The van der Waals surface area contributed by atoms with E-state index in [2.05, 4.69) is 30.1 Å². The van der Waals surface area contributed by atoms with Gasteiger partial charge in [-0.25, -0.2) is 4.98 Å². The maximum atomic E-state index is 5.80. The zero-order valence-corrected chi connectivity index (χ0v) is 9.51. The van der Waals surface area contributed by atoms with E-state index in [1.54, 1.807) is 11.3 Å². The van der Waals surface area contributed by atoms with Gasteiger partial charge in [-0.1, -0.05) is 12.1 Å². The van der Waals surface area contributed by atoms with Crippen molar-refractivity contribution in [2.75, 3.05) is 6.61 Å². The summed E-state index contributed by atoms with van der Waals surface area (Å²) in [5.41, 5.74) is 0.957. The lowest BCUT2D eigenvalue weighted by Crippen LogP contribution is -2.19. The first-order chi connectivity index (χ1) is 7.28. The number of aromatic nitrogens is 1. The van der Waals surface area contributed by atoms with Crippen molar-refractivity contribution in [3.63, 3.8) is 0 Å². The molecule has 3 heteroatoms. The van der Waals surface area contributed by atoms with E-state index in [-0.39, 0.29) is 5.60 Å².